The van der Waals surface area contributed by atoms with Crippen molar-refractivity contribution in [1.29, 1.82) is 0 Å². The van der Waals surface area contributed by atoms with Crippen LogP contribution in [-0.2, 0) is 30.4 Å². The molecule has 6 nitrogen and oxygen atoms in total. The molecule has 31 heavy (non-hydrogen) atoms. The van der Waals surface area contributed by atoms with Crippen LogP contribution in [0.4, 0.5) is 5.69 Å². The number of hydrogen-bond donors (Lipinski definition) is 1. The predicted octanol–water partition coefficient (Wildman–Crippen LogP) is 5.00. The summed E-state index contributed by atoms with van der Waals surface area (Å²) in [5.41, 5.74) is 1.77. The van der Waals surface area contributed by atoms with Gasteiger partial charge in [-0.3, -0.25) is 9.59 Å². The van der Waals surface area contributed by atoms with Gasteiger partial charge in [-0.25, -0.2) is 0 Å². The lowest BCUT2D eigenvalue weighted by atomic mass is 10.0. The quantitative estimate of drug-likeness (QED) is 0.348. The van der Waals surface area contributed by atoms with Crippen LogP contribution >= 0.6 is 0 Å². The normalized spacial score (nSPS) is 12.4. The van der Waals surface area contributed by atoms with Crippen LogP contribution in [-0.4, -0.2) is 44.2 Å². The average molecular weight is 436 g/mol. The van der Waals surface area contributed by atoms with E-state index in [0.29, 0.717) is 44.5 Å². The third-order valence-electron chi connectivity index (χ3n) is 4.75. The van der Waals surface area contributed by atoms with Gasteiger partial charge in [-0.05, 0) is 50.3 Å². The highest BCUT2D eigenvalue weighted by molar-refractivity contribution is 5.95. The van der Waals surface area contributed by atoms with Gasteiger partial charge in [0, 0.05) is 31.1 Å². The molecule has 0 bridgehead atoms. The van der Waals surface area contributed by atoms with Gasteiger partial charge in [0.2, 0.25) is 5.91 Å². The second-order valence-electron chi connectivity index (χ2n) is 8.70. The number of anilines is 1. The molecule has 0 fully saturated rings. The van der Waals surface area contributed by atoms with Gasteiger partial charge < -0.3 is 19.5 Å². The first-order valence-electron chi connectivity index (χ1n) is 11.5. The highest BCUT2D eigenvalue weighted by Gasteiger charge is 2.17. The van der Waals surface area contributed by atoms with E-state index < -0.39 is 0 Å². The molecule has 0 heterocycles. The lowest BCUT2D eigenvalue weighted by molar-refractivity contribution is -0.126. The maximum atomic E-state index is 12.4. The third kappa shape index (κ3) is 14.0. The Bertz CT molecular complexity index is 627. The second kappa shape index (κ2) is 16.0. The van der Waals surface area contributed by atoms with Crippen LogP contribution in [0.1, 0.15) is 65.9 Å². The maximum absolute atomic E-state index is 12.4. The molecule has 176 valence electrons. The Kier molecular flexibility index (Phi) is 14.0. The average Bonchev–Trinajstić information content (AvgIpc) is 2.71. The van der Waals surface area contributed by atoms with Crippen LogP contribution in [0.25, 0.3) is 0 Å². The van der Waals surface area contributed by atoms with E-state index in [9.17, 15) is 9.59 Å². The van der Waals surface area contributed by atoms with Gasteiger partial charge in [0.1, 0.15) is 5.78 Å². The van der Waals surface area contributed by atoms with Crippen LogP contribution in [0.5, 0.6) is 0 Å². The number of hydrogen-bond acceptors (Lipinski definition) is 5. The number of nitrogens with one attached hydrogen (secondary N) is 1. The topological polar surface area (TPSA) is 73.9 Å². The van der Waals surface area contributed by atoms with Gasteiger partial charge in [0.05, 0.1) is 32.5 Å². The largest absolute Gasteiger partial charge is 0.379 e. The first kappa shape index (κ1) is 27.3. The Hall–Kier alpha value is -1.76. The van der Waals surface area contributed by atoms with Gasteiger partial charge >= 0.3 is 0 Å². The minimum Gasteiger partial charge on any atom is -0.379 e. The Morgan fingerprint density at radius 1 is 0.903 bits per heavy atom. The van der Waals surface area contributed by atoms with E-state index in [4.69, 9.17) is 14.2 Å². The summed E-state index contributed by atoms with van der Waals surface area (Å²) in [7, 11) is 0. The second-order valence-corrected chi connectivity index (χ2v) is 8.70. The zero-order valence-corrected chi connectivity index (χ0v) is 19.9. The van der Waals surface area contributed by atoms with E-state index >= 15 is 0 Å². The predicted molar refractivity (Wildman–Crippen MR) is 124 cm³/mol. The van der Waals surface area contributed by atoms with Gasteiger partial charge in [-0.2, -0.15) is 0 Å². The van der Waals surface area contributed by atoms with Gasteiger partial charge in [0.25, 0.3) is 0 Å². The molecular weight excluding hydrogens is 394 g/mol. The SMILES string of the molecule is CC(C)CCCOCCOCCC(=O)C[C@@H](C)C(=O)Nc1ccc(COC(C)C)cc1. The molecule has 1 N–H and O–H groups in total. The van der Waals surface area contributed by atoms with Crippen molar-refractivity contribution in [3.63, 3.8) is 0 Å². The summed E-state index contributed by atoms with van der Waals surface area (Å²) in [4.78, 5) is 24.5. The molecule has 0 radical (unpaired) electrons. The van der Waals surface area contributed by atoms with Crippen molar-refractivity contribution in [3.05, 3.63) is 29.8 Å². The number of amides is 1. The Morgan fingerprint density at radius 3 is 2.16 bits per heavy atom. The van der Waals surface area contributed by atoms with Crippen molar-refractivity contribution >= 4 is 17.4 Å². The monoisotopic (exact) mass is 435 g/mol. The highest BCUT2D eigenvalue weighted by atomic mass is 16.5. The van der Waals surface area contributed by atoms with E-state index in [1.54, 1.807) is 6.92 Å². The number of rotatable bonds is 17. The maximum Gasteiger partial charge on any atom is 0.227 e. The number of carbonyl (C=O) groups is 2. The molecule has 0 unspecified atom stereocenters. The number of ketones is 1. The lowest BCUT2D eigenvalue weighted by Crippen LogP contribution is -2.23. The van der Waals surface area contributed by atoms with Crippen molar-refractivity contribution < 1.29 is 23.8 Å². The fraction of sp³-hybridized carbons (Fsp3) is 0.680. The zero-order chi connectivity index (χ0) is 23.1. The minimum atomic E-state index is -0.388. The van der Waals surface area contributed by atoms with Crippen LogP contribution in [0.3, 0.4) is 0 Å². The van der Waals surface area contributed by atoms with Crippen molar-refractivity contribution in [2.24, 2.45) is 11.8 Å². The molecule has 1 aromatic carbocycles. The Labute approximate surface area is 188 Å². The van der Waals surface area contributed by atoms with Crippen molar-refractivity contribution in [3.8, 4) is 0 Å². The highest BCUT2D eigenvalue weighted by Crippen LogP contribution is 2.14. The van der Waals surface area contributed by atoms with E-state index in [1.807, 2.05) is 38.1 Å². The summed E-state index contributed by atoms with van der Waals surface area (Å²) in [5, 5.41) is 2.87. The summed E-state index contributed by atoms with van der Waals surface area (Å²) in [6.45, 7) is 12.9. The molecule has 0 aliphatic heterocycles. The lowest BCUT2D eigenvalue weighted by Gasteiger charge is -2.13. The summed E-state index contributed by atoms with van der Waals surface area (Å²) in [5.74, 6) is 0.184. The number of carbonyl (C=O) groups excluding carboxylic acids is 2. The van der Waals surface area contributed by atoms with Gasteiger partial charge in [-0.15, -0.1) is 0 Å². The third-order valence-corrected chi connectivity index (χ3v) is 4.75. The standard InChI is InChI=1S/C25H41NO5/c1-19(2)7-6-13-29-15-16-30-14-12-24(27)17-21(5)25(28)26-23-10-8-22(9-11-23)18-31-20(3)4/h8-11,19-21H,6-7,12-18H2,1-5H3,(H,26,28)/t21-/m1/s1. The van der Waals surface area contributed by atoms with Gasteiger partial charge in [-0.1, -0.05) is 32.9 Å². The summed E-state index contributed by atoms with van der Waals surface area (Å²) < 4.78 is 16.5. The molecule has 0 aromatic heterocycles. The number of ether oxygens (including phenoxy) is 3. The van der Waals surface area contributed by atoms with Crippen molar-refractivity contribution in [2.75, 3.05) is 31.7 Å². The number of Topliss-reactive ketones (excluding diaryl/α,β-unsaturated/α-hetero) is 1. The molecule has 0 aliphatic carbocycles. The molecular formula is C25H41NO5. The first-order valence-corrected chi connectivity index (χ1v) is 11.5. The Morgan fingerprint density at radius 2 is 1.55 bits per heavy atom. The smallest absolute Gasteiger partial charge is 0.227 e. The van der Waals surface area contributed by atoms with E-state index in [-0.39, 0.29) is 30.1 Å². The summed E-state index contributed by atoms with van der Waals surface area (Å²) >= 11 is 0. The van der Waals surface area contributed by atoms with E-state index in [2.05, 4.69) is 19.2 Å². The summed E-state index contributed by atoms with van der Waals surface area (Å²) in [6.07, 6.45) is 2.93. The van der Waals surface area contributed by atoms with Crippen LogP contribution in [0, 0.1) is 11.8 Å². The molecule has 0 saturated heterocycles. The van der Waals surface area contributed by atoms with E-state index in [1.165, 1.54) is 6.42 Å². The van der Waals surface area contributed by atoms with Crippen LogP contribution in [0.15, 0.2) is 24.3 Å². The molecule has 0 spiro atoms. The minimum absolute atomic E-state index is 0.0293. The summed E-state index contributed by atoms with van der Waals surface area (Å²) in [6, 6.07) is 7.56. The van der Waals surface area contributed by atoms with E-state index in [0.717, 1.165) is 18.6 Å². The zero-order valence-electron chi connectivity index (χ0n) is 19.9. The van der Waals surface area contributed by atoms with Crippen LogP contribution in [0.2, 0.25) is 0 Å². The fourth-order valence-electron chi connectivity index (χ4n) is 2.85. The Balaban J connectivity index is 2.16. The molecule has 1 rings (SSSR count). The fourth-order valence-corrected chi connectivity index (χ4v) is 2.85. The molecule has 1 aromatic rings. The first-order chi connectivity index (χ1) is 14.8. The molecule has 0 saturated carbocycles. The molecule has 6 heteroatoms. The molecule has 1 atom stereocenters. The molecule has 1 amide bonds. The van der Waals surface area contributed by atoms with Crippen LogP contribution < -0.4 is 5.32 Å². The van der Waals surface area contributed by atoms with Crippen molar-refractivity contribution in [2.45, 2.75) is 73.0 Å². The van der Waals surface area contributed by atoms with Crippen molar-refractivity contribution in [1.82, 2.24) is 0 Å². The van der Waals surface area contributed by atoms with Gasteiger partial charge in [0.15, 0.2) is 0 Å². The molecule has 0 aliphatic rings. The number of benzene rings is 1.